The number of halogens is 2. The second-order valence-corrected chi connectivity index (χ2v) is 7.88. The molecule has 0 saturated carbocycles. The maximum Gasteiger partial charge on any atom is 0.263 e. The van der Waals surface area contributed by atoms with Crippen molar-refractivity contribution in [3.05, 3.63) is 36.2 Å². The monoisotopic (exact) mass is 399 g/mol. The van der Waals surface area contributed by atoms with Gasteiger partial charge in [-0.25, -0.2) is 13.8 Å². The van der Waals surface area contributed by atoms with E-state index in [2.05, 4.69) is 24.9 Å². The number of anilines is 1. The first-order valence-corrected chi connectivity index (χ1v) is 10.2. The molecule has 6 nitrogen and oxygen atoms in total. The zero-order valence-electron chi connectivity index (χ0n) is 16.2. The summed E-state index contributed by atoms with van der Waals surface area (Å²) in [6, 6.07) is 3.96. The van der Waals surface area contributed by atoms with Crippen LogP contribution in [0.15, 0.2) is 29.0 Å². The Labute approximate surface area is 167 Å². The molecule has 3 aromatic rings. The smallest absolute Gasteiger partial charge is 0.263 e. The first kappa shape index (κ1) is 18.4. The molecule has 0 N–H and O–H groups in total. The number of fused-ring (bicyclic) bond motifs is 1. The van der Waals surface area contributed by atoms with E-state index < -0.39 is 11.6 Å². The summed E-state index contributed by atoms with van der Waals surface area (Å²) in [5, 5.41) is 4.65. The fourth-order valence-corrected chi connectivity index (χ4v) is 4.63. The molecule has 2 aromatic heterocycles. The minimum Gasteiger partial charge on any atom is -0.356 e. The van der Waals surface area contributed by atoms with Crippen molar-refractivity contribution < 1.29 is 13.3 Å². The molecule has 5 rings (SSSR count). The van der Waals surface area contributed by atoms with Crippen LogP contribution in [0.4, 0.5) is 14.6 Å². The first-order valence-electron chi connectivity index (χ1n) is 10.2. The normalized spacial score (nSPS) is 19.2. The van der Waals surface area contributed by atoms with E-state index in [0.717, 1.165) is 32.0 Å². The minimum absolute atomic E-state index is 0.320. The van der Waals surface area contributed by atoms with E-state index in [0.29, 0.717) is 34.2 Å². The first-order chi connectivity index (χ1) is 14.2. The summed E-state index contributed by atoms with van der Waals surface area (Å²) in [6.45, 7) is 4.14. The lowest BCUT2D eigenvalue weighted by Crippen LogP contribution is -2.47. The highest BCUT2D eigenvalue weighted by molar-refractivity contribution is 5.97. The Bertz CT molecular complexity index is 989. The van der Waals surface area contributed by atoms with Crippen LogP contribution in [0.5, 0.6) is 0 Å². The lowest BCUT2D eigenvalue weighted by atomic mass is 9.99. The molecule has 2 fully saturated rings. The van der Waals surface area contributed by atoms with Crippen LogP contribution in [0.1, 0.15) is 32.1 Å². The number of piperidine rings is 2. The summed E-state index contributed by atoms with van der Waals surface area (Å²) < 4.78 is 32.9. The molecule has 0 radical (unpaired) electrons. The topological polar surface area (TPSA) is 58.3 Å². The van der Waals surface area contributed by atoms with Crippen LogP contribution in [0.25, 0.3) is 22.4 Å². The van der Waals surface area contributed by atoms with Crippen molar-refractivity contribution in [3.8, 4) is 11.3 Å². The van der Waals surface area contributed by atoms with Gasteiger partial charge < -0.3 is 14.3 Å². The second kappa shape index (κ2) is 7.67. The third-order valence-electron chi connectivity index (χ3n) is 6.06. The number of benzene rings is 1. The zero-order chi connectivity index (χ0) is 19.8. The fourth-order valence-electron chi connectivity index (χ4n) is 4.63. The molecular formula is C21H23F2N5O. The Balaban J connectivity index is 1.44. The SMILES string of the molecule is Fc1cc(F)cc(-c2noc3ncnc(N4CCC(N5CCCCC5)CC4)c23)c1. The number of hydrogen-bond acceptors (Lipinski definition) is 6. The van der Waals surface area contributed by atoms with Gasteiger partial charge >= 0.3 is 0 Å². The Morgan fingerprint density at radius 1 is 0.897 bits per heavy atom. The van der Waals surface area contributed by atoms with E-state index in [1.54, 1.807) is 0 Å². The van der Waals surface area contributed by atoms with Gasteiger partial charge in [-0.1, -0.05) is 11.6 Å². The maximum absolute atomic E-state index is 13.8. The van der Waals surface area contributed by atoms with Crippen molar-refractivity contribution in [2.24, 2.45) is 0 Å². The van der Waals surface area contributed by atoms with Crippen LogP contribution in [0.3, 0.4) is 0 Å². The molecule has 0 atom stereocenters. The van der Waals surface area contributed by atoms with Crippen LogP contribution >= 0.6 is 0 Å². The highest BCUT2D eigenvalue weighted by Gasteiger charge is 2.28. The van der Waals surface area contributed by atoms with E-state index in [4.69, 9.17) is 4.52 Å². The molecule has 0 spiro atoms. The highest BCUT2D eigenvalue weighted by atomic mass is 19.1. The summed E-state index contributed by atoms with van der Waals surface area (Å²) in [5.74, 6) is -0.596. The van der Waals surface area contributed by atoms with Gasteiger partial charge in [0.15, 0.2) is 0 Å². The standard InChI is InChI=1S/C21H23F2N5O/c22-15-10-14(11-16(23)12-15)19-18-20(24-13-25-21(18)29-26-19)28-8-4-17(5-9-28)27-6-2-1-3-7-27/h10-13,17H,1-9H2. The van der Waals surface area contributed by atoms with Crippen LogP contribution in [-0.2, 0) is 0 Å². The van der Waals surface area contributed by atoms with Gasteiger partial charge in [0.1, 0.15) is 34.9 Å². The van der Waals surface area contributed by atoms with Gasteiger partial charge in [0.2, 0.25) is 0 Å². The number of nitrogens with zero attached hydrogens (tertiary/aromatic N) is 5. The van der Waals surface area contributed by atoms with Crippen LogP contribution < -0.4 is 4.90 Å². The minimum atomic E-state index is -0.656. The molecular weight excluding hydrogens is 376 g/mol. The van der Waals surface area contributed by atoms with Gasteiger partial charge in [-0.2, -0.15) is 4.98 Å². The van der Waals surface area contributed by atoms with E-state index in [1.165, 1.54) is 50.8 Å². The summed E-state index contributed by atoms with van der Waals surface area (Å²) >= 11 is 0. The third kappa shape index (κ3) is 3.57. The predicted octanol–water partition coefficient (Wildman–Crippen LogP) is 4.02. The Hall–Kier alpha value is -2.61. The Morgan fingerprint density at radius 3 is 2.34 bits per heavy atom. The van der Waals surface area contributed by atoms with Gasteiger partial charge in [0, 0.05) is 30.8 Å². The fraction of sp³-hybridized carbons (Fsp3) is 0.476. The van der Waals surface area contributed by atoms with Crippen LogP contribution in [-0.4, -0.2) is 52.2 Å². The summed E-state index contributed by atoms with van der Waals surface area (Å²) in [7, 11) is 0. The molecule has 29 heavy (non-hydrogen) atoms. The molecule has 2 aliphatic rings. The van der Waals surface area contributed by atoms with Gasteiger partial charge in [-0.05, 0) is 50.9 Å². The highest BCUT2D eigenvalue weighted by Crippen LogP contribution is 2.35. The second-order valence-electron chi connectivity index (χ2n) is 7.88. The largest absolute Gasteiger partial charge is 0.356 e. The quantitative estimate of drug-likeness (QED) is 0.663. The Morgan fingerprint density at radius 2 is 1.62 bits per heavy atom. The van der Waals surface area contributed by atoms with Crippen molar-refractivity contribution in [1.82, 2.24) is 20.0 Å². The average Bonchev–Trinajstić information content (AvgIpc) is 3.18. The van der Waals surface area contributed by atoms with Crippen molar-refractivity contribution >= 4 is 16.9 Å². The summed E-state index contributed by atoms with van der Waals surface area (Å²) in [4.78, 5) is 13.5. The van der Waals surface area contributed by atoms with Crippen molar-refractivity contribution in [2.75, 3.05) is 31.1 Å². The molecule has 0 unspecified atom stereocenters. The van der Waals surface area contributed by atoms with E-state index in [9.17, 15) is 8.78 Å². The maximum atomic E-state index is 13.8. The number of rotatable bonds is 3. The van der Waals surface area contributed by atoms with Gasteiger partial charge in [-0.15, -0.1) is 0 Å². The molecule has 8 heteroatoms. The van der Waals surface area contributed by atoms with Gasteiger partial charge in [0.25, 0.3) is 5.71 Å². The zero-order valence-corrected chi connectivity index (χ0v) is 16.2. The molecule has 0 bridgehead atoms. The lowest BCUT2D eigenvalue weighted by Gasteiger charge is -2.40. The van der Waals surface area contributed by atoms with E-state index >= 15 is 0 Å². The van der Waals surface area contributed by atoms with E-state index in [1.807, 2.05) is 0 Å². The summed E-state index contributed by atoms with van der Waals surface area (Å²) in [5.41, 5.74) is 1.01. The van der Waals surface area contributed by atoms with Crippen molar-refractivity contribution in [3.63, 3.8) is 0 Å². The molecule has 2 saturated heterocycles. The van der Waals surface area contributed by atoms with Crippen molar-refractivity contribution in [1.29, 1.82) is 0 Å². The molecule has 2 aliphatic heterocycles. The number of hydrogen-bond donors (Lipinski definition) is 0. The Kier molecular flexibility index (Phi) is 4.87. The molecule has 1 aromatic carbocycles. The van der Waals surface area contributed by atoms with Crippen molar-refractivity contribution in [2.45, 2.75) is 38.1 Å². The summed E-state index contributed by atoms with van der Waals surface area (Å²) in [6.07, 6.45) is 7.52. The van der Waals surface area contributed by atoms with Crippen LogP contribution in [0.2, 0.25) is 0 Å². The predicted molar refractivity (Wildman–Crippen MR) is 106 cm³/mol. The van der Waals surface area contributed by atoms with E-state index in [-0.39, 0.29) is 0 Å². The number of aromatic nitrogens is 3. The molecule has 0 aliphatic carbocycles. The van der Waals surface area contributed by atoms with Gasteiger partial charge in [-0.3, -0.25) is 0 Å². The third-order valence-corrected chi connectivity index (χ3v) is 6.06. The number of likely N-dealkylation sites (tertiary alicyclic amines) is 1. The average molecular weight is 399 g/mol. The van der Waals surface area contributed by atoms with Gasteiger partial charge in [0.05, 0.1) is 0 Å². The molecule has 152 valence electrons. The lowest BCUT2D eigenvalue weighted by molar-refractivity contribution is 0.141. The molecule has 0 amide bonds. The van der Waals surface area contributed by atoms with Crippen LogP contribution in [0, 0.1) is 11.6 Å². The molecule has 4 heterocycles.